The minimum absolute atomic E-state index is 0.0495. The van der Waals surface area contributed by atoms with Crippen LogP contribution in [0.1, 0.15) is 46.4 Å². The van der Waals surface area contributed by atoms with Crippen molar-refractivity contribution in [1.82, 2.24) is 10.6 Å². The van der Waals surface area contributed by atoms with E-state index in [4.69, 9.17) is 9.47 Å². The zero-order valence-electron chi connectivity index (χ0n) is 17.6. The summed E-state index contributed by atoms with van der Waals surface area (Å²) in [6.45, 7) is 1.38. The molecule has 1 aliphatic rings. The van der Waals surface area contributed by atoms with E-state index in [0.717, 1.165) is 37.2 Å². The smallest absolute Gasteiger partial charge is 0.251 e. The van der Waals surface area contributed by atoms with Gasteiger partial charge >= 0.3 is 0 Å². The summed E-state index contributed by atoms with van der Waals surface area (Å²) >= 11 is 0. The second-order valence-corrected chi connectivity index (χ2v) is 7.76. The Kier molecular flexibility index (Phi) is 7.71. The summed E-state index contributed by atoms with van der Waals surface area (Å²) in [4.78, 5) is 24.6. The predicted octanol–water partition coefficient (Wildman–Crippen LogP) is 3.67. The number of hydrogen-bond donors (Lipinski definition) is 2. The summed E-state index contributed by atoms with van der Waals surface area (Å²) in [5.74, 6) is 2.35. The Morgan fingerprint density at radius 3 is 1.33 bits per heavy atom. The quantitative estimate of drug-likeness (QED) is 0.696. The van der Waals surface area contributed by atoms with Crippen LogP contribution in [0.25, 0.3) is 0 Å². The molecule has 6 heteroatoms. The van der Waals surface area contributed by atoms with Crippen LogP contribution in [-0.2, 0) is 0 Å². The van der Waals surface area contributed by atoms with Crippen LogP contribution < -0.4 is 20.1 Å². The van der Waals surface area contributed by atoms with Gasteiger partial charge in [0.05, 0.1) is 14.2 Å². The van der Waals surface area contributed by atoms with Gasteiger partial charge in [-0.15, -0.1) is 0 Å². The molecule has 0 unspecified atom stereocenters. The molecular weight excluding hydrogens is 380 g/mol. The summed E-state index contributed by atoms with van der Waals surface area (Å²) in [6, 6.07) is 14.3. The fourth-order valence-corrected chi connectivity index (χ4v) is 3.80. The molecule has 0 heterocycles. The van der Waals surface area contributed by atoms with E-state index >= 15 is 0 Å². The van der Waals surface area contributed by atoms with Gasteiger partial charge in [-0.05, 0) is 86.1 Å². The van der Waals surface area contributed by atoms with Crippen molar-refractivity contribution >= 4 is 11.8 Å². The molecule has 2 N–H and O–H groups in total. The Morgan fingerprint density at radius 1 is 0.700 bits per heavy atom. The molecule has 2 aromatic rings. The van der Waals surface area contributed by atoms with Crippen molar-refractivity contribution in [3.63, 3.8) is 0 Å². The lowest BCUT2D eigenvalue weighted by Gasteiger charge is -2.28. The Morgan fingerprint density at radius 2 is 1.03 bits per heavy atom. The topological polar surface area (TPSA) is 76.7 Å². The van der Waals surface area contributed by atoms with Crippen LogP contribution in [0.2, 0.25) is 0 Å². The van der Waals surface area contributed by atoms with Gasteiger partial charge < -0.3 is 20.1 Å². The molecule has 0 atom stereocenters. The molecule has 1 saturated carbocycles. The highest BCUT2D eigenvalue weighted by Crippen LogP contribution is 2.28. The van der Waals surface area contributed by atoms with E-state index in [2.05, 4.69) is 10.6 Å². The average Bonchev–Trinajstić information content (AvgIpc) is 2.81. The standard InChI is InChI=1S/C24H30N2O4/c1-29-21-11-7-19(8-12-21)23(27)25-15-17-3-5-18(6-4-17)16-26-24(28)20-9-13-22(30-2)14-10-20/h7-14,17-18H,3-6,15-16H2,1-2H3,(H,25,27)(H,26,28). The van der Waals surface area contributed by atoms with Crippen molar-refractivity contribution in [2.45, 2.75) is 25.7 Å². The molecule has 6 nitrogen and oxygen atoms in total. The highest BCUT2D eigenvalue weighted by molar-refractivity contribution is 5.94. The maximum absolute atomic E-state index is 12.3. The second-order valence-electron chi connectivity index (χ2n) is 7.76. The van der Waals surface area contributed by atoms with Gasteiger partial charge in [0.2, 0.25) is 0 Å². The lowest BCUT2D eigenvalue weighted by molar-refractivity contribution is 0.0923. The van der Waals surface area contributed by atoms with Crippen LogP contribution in [-0.4, -0.2) is 39.1 Å². The number of nitrogens with one attached hydrogen (secondary N) is 2. The maximum atomic E-state index is 12.3. The number of methoxy groups -OCH3 is 2. The van der Waals surface area contributed by atoms with Gasteiger partial charge in [0.25, 0.3) is 11.8 Å². The van der Waals surface area contributed by atoms with E-state index in [1.54, 1.807) is 62.8 Å². The van der Waals surface area contributed by atoms with Crippen molar-refractivity contribution in [2.24, 2.45) is 11.8 Å². The number of carbonyl (C=O) groups is 2. The van der Waals surface area contributed by atoms with E-state index in [-0.39, 0.29) is 11.8 Å². The minimum atomic E-state index is -0.0495. The van der Waals surface area contributed by atoms with Crippen LogP contribution in [0.5, 0.6) is 11.5 Å². The Hall–Kier alpha value is -3.02. The molecule has 30 heavy (non-hydrogen) atoms. The van der Waals surface area contributed by atoms with Gasteiger partial charge in [0.15, 0.2) is 0 Å². The number of benzene rings is 2. The average molecular weight is 411 g/mol. The SMILES string of the molecule is COc1ccc(C(=O)NCC2CCC(CNC(=O)c3ccc(OC)cc3)CC2)cc1. The molecule has 160 valence electrons. The molecule has 0 spiro atoms. The Balaban J connectivity index is 1.36. The van der Waals surface area contributed by atoms with Gasteiger partial charge in [-0.25, -0.2) is 0 Å². The van der Waals surface area contributed by atoms with Crippen molar-refractivity contribution in [3.8, 4) is 11.5 Å². The lowest BCUT2D eigenvalue weighted by atomic mass is 9.82. The summed E-state index contributed by atoms with van der Waals surface area (Å²) < 4.78 is 10.2. The molecule has 2 aromatic carbocycles. The first kappa shape index (κ1) is 21.7. The summed E-state index contributed by atoms with van der Waals surface area (Å²) in [7, 11) is 3.21. The highest BCUT2D eigenvalue weighted by Gasteiger charge is 2.22. The second kappa shape index (κ2) is 10.7. The molecule has 2 amide bonds. The zero-order chi connectivity index (χ0) is 21.3. The minimum Gasteiger partial charge on any atom is -0.497 e. The molecule has 0 aliphatic heterocycles. The van der Waals surface area contributed by atoms with E-state index in [0.29, 0.717) is 36.1 Å². The fraction of sp³-hybridized carbons (Fsp3) is 0.417. The largest absolute Gasteiger partial charge is 0.497 e. The number of carbonyl (C=O) groups excluding carboxylic acids is 2. The maximum Gasteiger partial charge on any atom is 0.251 e. The number of rotatable bonds is 8. The van der Waals surface area contributed by atoms with Gasteiger partial charge in [-0.3, -0.25) is 9.59 Å². The van der Waals surface area contributed by atoms with E-state index in [1.807, 2.05) is 0 Å². The molecule has 0 saturated heterocycles. The Bertz CT molecular complexity index is 754. The summed E-state index contributed by atoms with van der Waals surface area (Å²) in [6.07, 6.45) is 4.25. The van der Waals surface area contributed by atoms with Gasteiger partial charge in [-0.1, -0.05) is 0 Å². The van der Waals surface area contributed by atoms with Crippen LogP contribution >= 0.6 is 0 Å². The predicted molar refractivity (Wildman–Crippen MR) is 116 cm³/mol. The molecule has 1 fully saturated rings. The highest BCUT2D eigenvalue weighted by atomic mass is 16.5. The first-order valence-electron chi connectivity index (χ1n) is 10.4. The summed E-state index contributed by atoms with van der Waals surface area (Å²) in [5.41, 5.74) is 1.29. The van der Waals surface area contributed by atoms with Gasteiger partial charge in [-0.2, -0.15) is 0 Å². The summed E-state index contributed by atoms with van der Waals surface area (Å²) in [5, 5.41) is 6.08. The molecule has 0 aromatic heterocycles. The number of hydrogen-bond acceptors (Lipinski definition) is 4. The van der Waals surface area contributed by atoms with E-state index in [9.17, 15) is 9.59 Å². The van der Waals surface area contributed by atoms with Gasteiger partial charge in [0.1, 0.15) is 11.5 Å². The van der Waals surface area contributed by atoms with E-state index in [1.165, 1.54) is 0 Å². The van der Waals surface area contributed by atoms with Crippen molar-refractivity contribution in [1.29, 1.82) is 0 Å². The molecular formula is C24H30N2O4. The Labute approximate surface area is 178 Å². The van der Waals surface area contributed by atoms with Crippen LogP contribution in [0.4, 0.5) is 0 Å². The monoisotopic (exact) mass is 410 g/mol. The lowest BCUT2D eigenvalue weighted by Crippen LogP contribution is -2.34. The van der Waals surface area contributed by atoms with Crippen LogP contribution in [0, 0.1) is 11.8 Å². The van der Waals surface area contributed by atoms with Crippen molar-refractivity contribution in [2.75, 3.05) is 27.3 Å². The van der Waals surface area contributed by atoms with E-state index < -0.39 is 0 Å². The molecule has 3 rings (SSSR count). The van der Waals surface area contributed by atoms with Crippen molar-refractivity contribution in [3.05, 3.63) is 59.7 Å². The third-order valence-corrected chi connectivity index (χ3v) is 5.77. The van der Waals surface area contributed by atoms with Crippen LogP contribution in [0.3, 0.4) is 0 Å². The zero-order valence-corrected chi connectivity index (χ0v) is 17.6. The van der Waals surface area contributed by atoms with Crippen molar-refractivity contribution < 1.29 is 19.1 Å². The molecule has 1 aliphatic carbocycles. The number of ether oxygens (including phenoxy) is 2. The third kappa shape index (κ3) is 5.99. The fourth-order valence-electron chi connectivity index (χ4n) is 3.80. The first-order chi connectivity index (χ1) is 14.6. The first-order valence-corrected chi connectivity index (χ1v) is 10.4. The van der Waals surface area contributed by atoms with Gasteiger partial charge in [0, 0.05) is 24.2 Å². The third-order valence-electron chi connectivity index (χ3n) is 5.77. The molecule has 0 radical (unpaired) electrons. The van der Waals surface area contributed by atoms with Crippen LogP contribution in [0.15, 0.2) is 48.5 Å². The normalized spacial score (nSPS) is 18.3. The molecule has 0 bridgehead atoms. The number of amides is 2.